The highest BCUT2D eigenvalue weighted by Gasteiger charge is 2.49. The molecule has 126 valence electrons. The van der Waals surface area contributed by atoms with Crippen LogP contribution in [0.15, 0.2) is 30.5 Å². The minimum Gasteiger partial charge on any atom is -0.480 e. The van der Waals surface area contributed by atoms with E-state index in [4.69, 9.17) is 0 Å². The molecule has 1 saturated heterocycles. The number of likely N-dealkylation sites (tertiary alicyclic amines) is 1. The first kappa shape index (κ1) is 15.2. The summed E-state index contributed by atoms with van der Waals surface area (Å²) < 4.78 is 2.05. The Morgan fingerprint density at radius 1 is 1.25 bits per heavy atom. The van der Waals surface area contributed by atoms with E-state index in [1.807, 2.05) is 37.4 Å². The second-order valence-corrected chi connectivity index (χ2v) is 6.94. The second-order valence-electron chi connectivity index (χ2n) is 6.94. The number of hydrogen-bond acceptors (Lipinski definition) is 2. The largest absolute Gasteiger partial charge is 0.480 e. The zero-order valence-electron chi connectivity index (χ0n) is 13.8. The molecule has 0 radical (unpaired) electrons. The molecule has 1 aromatic heterocycles. The average molecular weight is 326 g/mol. The number of carboxylic acid groups (broad SMARTS) is 1. The molecule has 1 aliphatic heterocycles. The monoisotopic (exact) mass is 326 g/mol. The summed E-state index contributed by atoms with van der Waals surface area (Å²) in [6.45, 7) is 3.40. The van der Waals surface area contributed by atoms with Crippen molar-refractivity contribution in [2.45, 2.75) is 38.8 Å². The van der Waals surface area contributed by atoms with Gasteiger partial charge in [-0.3, -0.25) is 4.79 Å². The van der Waals surface area contributed by atoms with Crippen LogP contribution in [0.3, 0.4) is 0 Å². The second kappa shape index (κ2) is 5.65. The summed E-state index contributed by atoms with van der Waals surface area (Å²) in [6.07, 6.45) is 4.91. The minimum absolute atomic E-state index is 0.117. The van der Waals surface area contributed by atoms with Crippen LogP contribution in [0.2, 0.25) is 0 Å². The van der Waals surface area contributed by atoms with Crippen LogP contribution in [0.25, 0.3) is 10.9 Å². The lowest BCUT2D eigenvalue weighted by Crippen LogP contribution is -2.43. The molecule has 0 spiro atoms. The predicted molar refractivity (Wildman–Crippen MR) is 90.9 cm³/mol. The Hall–Kier alpha value is -2.30. The van der Waals surface area contributed by atoms with Gasteiger partial charge in [-0.05, 0) is 37.7 Å². The van der Waals surface area contributed by atoms with Crippen LogP contribution in [0, 0.1) is 11.8 Å². The fourth-order valence-corrected chi connectivity index (χ4v) is 4.66. The maximum atomic E-state index is 13.2. The number of hydrogen-bond donors (Lipinski definition) is 1. The van der Waals surface area contributed by atoms with Gasteiger partial charge in [-0.25, -0.2) is 4.79 Å². The predicted octanol–water partition coefficient (Wildman–Crippen LogP) is 2.99. The number of fused-ring (bicyclic) bond motifs is 2. The highest BCUT2D eigenvalue weighted by atomic mass is 16.4. The van der Waals surface area contributed by atoms with Crippen molar-refractivity contribution < 1.29 is 14.7 Å². The normalized spacial score (nSPS) is 26.0. The number of benzene rings is 1. The molecule has 1 aliphatic carbocycles. The van der Waals surface area contributed by atoms with E-state index < -0.39 is 12.0 Å². The van der Waals surface area contributed by atoms with Crippen LogP contribution in [-0.4, -0.2) is 39.0 Å². The third-order valence-electron chi connectivity index (χ3n) is 5.76. The van der Waals surface area contributed by atoms with Crippen LogP contribution in [0.5, 0.6) is 0 Å². The molecule has 1 amide bonds. The van der Waals surface area contributed by atoms with Crippen LogP contribution < -0.4 is 0 Å². The number of carbonyl (C=O) groups is 2. The van der Waals surface area contributed by atoms with Crippen LogP contribution in [-0.2, 0) is 11.3 Å². The molecule has 5 nitrogen and oxygen atoms in total. The highest BCUT2D eigenvalue weighted by molar-refractivity contribution is 6.08. The van der Waals surface area contributed by atoms with E-state index >= 15 is 0 Å². The molecule has 4 rings (SSSR count). The molecular weight excluding hydrogens is 304 g/mol. The number of amides is 1. The summed E-state index contributed by atoms with van der Waals surface area (Å²) >= 11 is 0. The third kappa shape index (κ3) is 2.14. The summed E-state index contributed by atoms with van der Waals surface area (Å²) in [5.41, 5.74) is 1.65. The first-order valence-corrected chi connectivity index (χ1v) is 8.73. The van der Waals surface area contributed by atoms with Gasteiger partial charge in [0.1, 0.15) is 6.04 Å². The van der Waals surface area contributed by atoms with E-state index in [-0.39, 0.29) is 11.8 Å². The molecule has 2 aliphatic rings. The molecule has 0 bridgehead atoms. The van der Waals surface area contributed by atoms with Gasteiger partial charge in [0.25, 0.3) is 5.91 Å². The minimum atomic E-state index is -0.864. The number of carbonyl (C=O) groups excluding carboxylic acids is 1. The van der Waals surface area contributed by atoms with Gasteiger partial charge in [0, 0.05) is 30.2 Å². The number of aryl methyl sites for hydroxylation is 1. The summed E-state index contributed by atoms with van der Waals surface area (Å²) in [4.78, 5) is 26.6. The van der Waals surface area contributed by atoms with Gasteiger partial charge >= 0.3 is 5.97 Å². The van der Waals surface area contributed by atoms with Gasteiger partial charge in [0.15, 0.2) is 0 Å². The van der Waals surface area contributed by atoms with E-state index in [1.54, 1.807) is 4.90 Å². The average Bonchev–Trinajstić information content (AvgIpc) is 3.25. The first-order chi connectivity index (χ1) is 11.6. The van der Waals surface area contributed by atoms with E-state index in [9.17, 15) is 14.7 Å². The van der Waals surface area contributed by atoms with E-state index in [2.05, 4.69) is 4.57 Å². The number of aliphatic carboxylic acids is 1. The Labute approximate surface area is 140 Å². The van der Waals surface area contributed by atoms with Crippen LogP contribution in [0.4, 0.5) is 0 Å². The van der Waals surface area contributed by atoms with Crippen LogP contribution >= 0.6 is 0 Å². The van der Waals surface area contributed by atoms with Gasteiger partial charge < -0.3 is 14.6 Å². The number of nitrogens with zero attached hydrogens (tertiary/aromatic N) is 2. The fraction of sp³-hybridized carbons (Fsp3) is 0.474. The lowest BCUT2D eigenvalue weighted by atomic mass is 9.94. The SMILES string of the molecule is CCn1cc(C(=O)N2CC3CCCC3C2C(=O)O)c2ccccc21. The van der Waals surface area contributed by atoms with Crippen molar-refractivity contribution in [3.63, 3.8) is 0 Å². The molecule has 2 aromatic rings. The molecule has 24 heavy (non-hydrogen) atoms. The molecule has 1 aromatic carbocycles. The maximum Gasteiger partial charge on any atom is 0.326 e. The van der Waals surface area contributed by atoms with Crippen molar-refractivity contribution in [1.82, 2.24) is 9.47 Å². The third-order valence-corrected chi connectivity index (χ3v) is 5.76. The maximum absolute atomic E-state index is 13.2. The Morgan fingerprint density at radius 3 is 2.79 bits per heavy atom. The van der Waals surface area contributed by atoms with E-state index in [0.717, 1.165) is 36.7 Å². The zero-order valence-corrected chi connectivity index (χ0v) is 13.8. The molecular formula is C19H22N2O3. The fourth-order valence-electron chi connectivity index (χ4n) is 4.66. The lowest BCUT2D eigenvalue weighted by molar-refractivity contribution is -0.142. The number of para-hydroxylation sites is 1. The number of aromatic nitrogens is 1. The Balaban J connectivity index is 1.75. The van der Waals surface area contributed by atoms with Crippen molar-refractivity contribution in [1.29, 1.82) is 0 Å². The highest BCUT2D eigenvalue weighted by Crippen LogP contribution is 2.43. The van der Waals surface area contributed by atoms with Gasteiger partial charge in [0.2, 0.25) is 0 Å². The molecule has 1 saturated carbocycles. The topological polar surface area (TPSA) is 62.5 Å². The van der Waals surface area contributed by atoms with Gasteiger partial charge in [-0.2, -0.15) is 0 Å². The Bertz CT molecular complexity index is 810. The molecule has 3 unspecified atom stereocenters. The van der Waals surface area contributed by atoms with Crippen LogP contribution in [0.1, 0.15) is 36.5 Å². The lowest BCUT2D eigenvalue weighted by Gasteiger charge is -2.24. The van der Waals surface area contributed by atoms with E-state index in [0.29, 0.717) is 18.0 Å². The standard InChI is InChI=1S/C19H22N2O3/c1-2-20-11-15(14-7-3-4-9-16(14)20)18(22)21-10-12-6-5-8-13(12)17(21)19(23)24/h3-4,7,9,11-13,17H,2,5-6,8,10H2,1H3,(H,23,24). The quantitative estimate of drug-likeness (QED) is 0.943. The van der Waals surface area contributed by atoms with Gasteiger partial charge in [-0.15, -0.1) is 0 Å². The van der Waals surface area contributed by atoms with E-state index in [1.165, 1.54) is 0 Å². The summed E-state index contributed by atoms with van der Waals surface area (Å²) in [6, 6.07) is 7.16. The smallest absolute Gasteiger partial charge is 0.326 e. The van der Waals surface area contributed by atoms with Crippen molar-refractivity contribution in [3.05, 3.63) is 36.0 Å². The van der Waals surface area contributed by atoms with Gasteiger partial charge in [0.05, 0.1) is 5.56 Å². The van der Waals surface area contributed by atoms with Crippen molar-refractivity contribution >= 4 is 22.8 Å². The Kier molecular flexibility index (Phi) is 3.59. The zero-order chi connectivity index (χ0) is 16.8. The Morgan fingerprint density at radius 2 is 2.04 bits per heavy atom. The molecule has 3 atom stereocenters. The summed E-state index contributed by atoms with van der Waals surface area (Å²) in [5, 5.41) is 10.6. The van der Waals surface area contributed by atoms with Crippen molar-refractivity contribution in [2.24, 2.45) is 11.8 Å². The molecule has 2 fully saturated rings. The van der Waals surface area contributed by atoms with Gasteiger partial charge in [-0.1, -0.05) is 24.6 Å². The van der Waals surface area contributed by atoms with Crippen molar-refractivity contribution in [3.8, 4) is 0 Å². The summed E-state index contributed by atoms with van der Waals surface area (Å²) in [7, 11) is 0. The number of rotatable bonds is 3. The number of carboxylic acids is 1. The van der Waals surface area contributed by atoms with Crippen molar-refractivity contribution in [2.75, 3.05) is 6.54 Å². The molecule has 1 N–H and O–H groups in total. The molecule has 5 heteroatoms. The first-order valence-electron chi connectivity index (χ1n) is 8.73. The summed E-state index contributed by atoms with van der Waals surface area (Å²) in [5.74, 6) is -0.544. The molecule has 2 heterocycles.